The maximum absolute atomic E-state index is 10.9. The van der Waals surface area contributed by atoms with Crippen LogP contribution in [0.1, 0.15) is 10.5 Å². The lowest BCUT2D eigenvalue weighted by atomic mass is 10.3. The third-order valence-electron chi connectivity index (χ3n) is 2.42. The summed E-state index contributed by atoms with van der Waals surface area (Å²) < 4.78 is 10.1. The Hall–Kier alpha value is -3.23. The van der Waals surface area contributed by atoms with Crippen LogP contribution in [-0.4, -0.2) is 33.1 Å². The zero-order valence-electron chi connectivity index (χ0n) is 10.7. The molecule has 9 nitrogen and oxygen atoms in total. The van der Waals surface area contributed by atoms with Crippen molar-refractivity contribution in [3.05, 3.63) is 46.3 Å². The molecule has 1 N–H and O–H groups in total. The second-order valence-corrected chi connectivity index (χ2v) is 3.72. The number of ether oxygens (including phenoxy) is 2. The molecule has 0 aliphatic rings. The first kappa shape index (κ1) is 14.2. The van der Waals surface area contributed by atoms with Gasteiger partial charge in [-0.1, -0.05) is 0 Å². The highest BCUT2D eigenvalue weighted by Crippen LogP contribution is 2.33. The van der Waals surface area contributed by atoms with Crippen LogP contribution in [0.25, 0.3) is 0 Å². The summed E-state index contributed by atoms with van der Waals surface area (Å²) in [5, 5.41) is 19.8. The average molecular weight is 291 g/mol. The number of carboxylic acids is 1. The second kappa shape index (κ2) is 5.82. The van der Waals surface area contributed by atoms with Crippen molar-refractivity contribution in [1.82, 2.24) is 9.97 Å². The van der Waals surface area contributed by atoms with E-state index in [-0.39, 0.29) is 23.1 Å². The molecular formula is C12H9N3O6. The number of carbonyl (C=O) groups is 1. The Bertz CT molecular complexity index is 703. The molecule has 9 heteroatoms. The monoisotopic (exact) mass is 291 g/mol. The normalized spacial score (nSPS) is 9.95. The molecule has 1 heterocycles. The molecule has 2 rings (SSSR count). The standard InChI is InChI=1S/C12H9N3O6/c1-20-7-2-3-9(15(18)19)10(6-7)21-12-13-5-4-8(14-12)11(16)17/h2-6H,1H3,(H,16,17). The highest BCUT2D eigenvalue weighted by Gasteiger charge is 2.18. The molecule has 1 aromatic carbocycles. The number of methoxy groups -OCH3 is 1. The Balaban J connectivity index is 2.40. The van der Waals surface area contributed by atoms with E-state index in [1.54, 1.807) is 0 Å². The predicted molar refractivity (Wildman–Crippen MR) is 68.7 cm³/mol. The van der Waals surface area contributed by atoms with Gasteiger partial charge >= 0.3 is 17.7 Å². The Morgan fingerprint density at radius 1 is 1.38 bits per heavy atom. The van der Waals surface area contributed by atoms with E-state index < -0.39 is 10.9 Å². The van der Waals surface area contributed by atoms with Crippen molar-refractivity contribution in [2.24, 2.45) is 0 Å². The molecule has 0 bridgehead atoms. The van der Waals surface area contributed by atoms with Gasteiger partial charge < -0.3 is 14.6 Å². The van der Waals surface area contributed by atoms with Crippen molar-refractivity contribution in [1.29, 1.82) is 0 Å². The van der Waals surface area contributed by atoms with E-state index in [9.17, 15) is 14.9 Å². The summed E-state index contributed by atoms with van der Waals surface area (Å²) in [4.78, 5) is 28.4. The van der Waals surface area contributed by atoms with Crippen molar-refractivity contribution in [2.75, 3.05) is 7.11 Å². The number of hydrogen-bond donors (Lipinski definition) is 1. The Labute approximate surface area is 117 Å². The van der Waals surface area contributed by atoms with Crippen molar-refractivity contribution >= 4 is 11.7 Å². The first-order chi connectivity index (χ1) is 10.0. The van der Waals surface area contributed by atoms with Gasteiger partial charge in [0.15, 0.2) is 5.69 Å². The summed E-state index contributed by atoms with van der Waals surface area (Å²) in [5.41, 5.74) is -0.606. The van der Waals surface area contributed by atoms with E-state index >= 15 is 0 Å². The highest BCUT2D eigenvalue weighted by atomic mass is 16.6. The lowest BCUT2D eigenvalue weighted by molar-refractivity contribution is -0.385. The minimum Gasteiger partial charge on any atom is -0.497 e. The molecule has 0 unspecified atom stereocenters. The maximum atomic E-state index is 10.9. The van der Waals surface area contributed by atoms with Gasteiger partial charge in [-0.3, -0.25) is 10.1 Å². The molecule has 1 aromatic heterocycles. The highest BCUT2D eigenvalue weighted by molar-refractivity contribution is 5.85. The van der Waals surface area contributed by atoms with Crippen molar-refractivity contribution in [3.8, 4) is 17.5 Å². The third kappa shape index (κ3) is 3.21. The van der Waals surface area contributed by atoms with Crippen LogP contribution in [0.3, 0.4) is 0 Å². The van der Waals surface area contributed by atoms with Crippen molar-refractivity contribution < 1.29 is 24.3 Å². The molecule has 0 aliphatic carbocycles. The number of nitro benzene ring substituents is 1. The quantitative estimate of drug-likeness (QED) is 0.653. The largest absolute Gasteiger partial charge is 0.497 e. The van der Waals surface area contributed by atoms with Crippen LogP contribution in [0.15, 0.2) is 30.5 Å². The predicted octanol–water partition coefficient (Wildman–Crippen LogP) is 1.88. The van der Waals surface area contributed by atoms with E-state index in [4.69, 9.17) is 14.6 Å². The SMILES string of the molecule is COc1ccc([N+](=O)[O-])c(Oc2nccc(C(=O)O)n2)c1. The maximum Gasteiger partial charge on any atom is 0.354 e. The lowest BCUT2D eigenvalue weighted by Gasteiger charge is -2.06. The van der Waals surface area contributed by atoms with Gasteiger partial charge in [0.1, 0.15) is 5.75 Å². The molecule has 21 heavy (non-hydrogen) atoms. The zero-order chi connectivity index (χ0) is 15.4. The molecule has 0 radical (unpaired) electrons. The van der Waals surface area contributed by atoms with Crippen LogP contribution >= 0.6 is 0 Å². The van der Waals surface area contributed by atoms with E-state index in [1.165, 1.54) is 37.6 Å². The Morgan fingerprint density at radius 2 is 2.14 bits per heavy atom. The smallest absolute Gasteiger partial charge is 0.354 e. The second-order valence-electron chi connectivity index (χ2n) is 3.72. The summed E-state index contributed by atoms with van der Waals surface area (Å²) in [5.74, 6) is -1.07. The summed E-state index contributed by atoms with van der Waals surface area (Å²) in [6.07, 6.45) is 1.18. The number of nitrogens with zero attached hydrogens (tertiary/aromatic N) is 3. The summed E-state index contributed by atoms with van der Waals surface area (Å²) >= 11 is 0. The van der Waals surface area contributed by atoms with E-state index in [0.717, 1.165) is 0 Å². The number of hydrogen-bond acceptors (Lipinski definition) is 7. The molecule has 0 saturated heterocycles. The molecule has 0 spiro atoms. The number of rotatable bonds is 5. The molecule has 0 aliphatic heterocycles. The number of nitro groups is 1. The van der Waals surface area contributed by atoms with E-state index in [0.29, 0.717) is 5.75 Å². The van der Waals surface area contributed by atoms with Gasteiger partial charge in [0, 0.05) is 18.3 Å². The fourth-order valence-electron chi connectivity index (χ4n) is 1.46. The minimum absolute atomic E-state index is 0.151. The van der Waals surface area contributed by atoms with Crippen LogP contribution in [0.5, 0.6) is 17.5 Å². The van der Waals surface area contributed by atoms with E-state index in [1.807, 2.05) is 0 Å². The fourth-order valence-corrected chi connectivity index (χ4v) is 1.46. The Morgan fingerprint density at radius 3 is 2.76 bits per heavy atom. The molecule has 0 amide bonds. The molecular weight excluding hydrogens is 282 g/mol. The number of aromatic nitrogens is 2. The topological polar surface area (TPSA) is 125 Å². The van der Waals surface area contributed by atoms with Gasteiger partial charge in [-0.2, -0.15) is 4.98 Å². The average Bonchev–Trinajstić information content (AvgIpc) is 2.47. The van der Waals surface area contributed by atoms with Crippen molar-refractivity contribution in [2.45, 2.75) is 0 Å². The van der Waals surface area contributed by atoms with Crippen molar-refractivity contribution in [3.63, 3.8) is 0 Å². The lowest BCUT2D eigenvalue weighted by Crippen LogP contribution is -2.03. The van der Waals surface area contributed by atoms with Crippen LogP contribution in [0.4, 0.5) is 5.69 Å². The summed E-state index contributed by atoms with van der Waals surface area (Å²) in [7, 11) is 1.40. The van der Waals surface area contributed by atoms with Crippen LogP contribution in [0, 0.1) is 10.1 Å². The summed E-state index contributed by atoms with van der Waals surface area (Å²) in [6, 6.07) is 4.75. The first-order valence-corrected chi connectivity index (χ1v) is 5.58. The molecule has 0 fully saturated rings. The van der Waals surface area contributed by atoms with Gasteiger partial charge in [-0.25, -0.2) is 9.78 Å². The molecule has 0 atom stereocenters. The van der Waals surface area contributed by atoms with Gasteiger partial charge in [-0.15, -0.1) is 0 Å². The van der Waals surface area contributed by atoms with Crippen LogP contribution in [0.2, 0.25) is 0 Å². The van der Waals surface area contributed by atoms with E-state index in [2.05, 4.69) is 9.97 Å². The Kier molecular flexibility index (Phi) is 3.93. The zero-order valence-corrected chi connectivity index (χ0v) is 10.7. The van der Waals surface area contributed by atoms with Gasteiger partial charge in [0.25, 0.3) is 0 Å². The summed E-state index contributed by atoms with van der Waals surface area (Å²) in [6.45, 7) is 0. The van der Waals surface area contributed by atoms with Crippen LogP contribution < -0.4 is 9.47 Å². The van der Waals surface area contributed by atoms with Gasteiger partial charge in [0.05, 0.1) is 12.0 Å². The van der Waals surface area contributed by atoms with Gasteiger partial charge in [-0.05, 0) is 12.1 Å². The third-order valence-corrected chi connectivity index (χ3v) is 2.42. The minimum atomic E-state index is -1.26. The van der Waals surface area contributed by atoms with Crippen LogP contribution in [-0.2, 0) is 0 Å². The molecule has 2 aromatic rings. The molecule has 108 valence electrons. The number of aromatic carboxylic acids is 1. The number of benzene rings is 1. The number of carboxylic acid groups (broad SMARTS) is 1. The fraction of sp³-hybridized carbons (Fsp3) is 0.0833. The first-order valence-electron chi connectivity index (χ1n) is 5.58. The molecule has 0 saturated carbocycles. The van der Waals surface area contributed by atoms with Gasteiger partial charge in [0.2, 0.25) is 5.75 Å².